The summed E-state index contributed by atoms with van der Waals surface area (Å²) in [5.41, 5.74) is -0.679. The van der Waals surface area contributed by atoms with Gasteiger partial charge in [-0.1, -0.05) is 25.7 Å². The lowest BCUT2D eigenvalue weighted by molar-refractivity contribution is 0.0248. The van der Waals surface area contributed by atoms with Gasteiger partial charge >= 0.3 is 0 Å². The van der Waals surface area contributed by atoms with Crippen LogP contribution in [0.25, 0.3) is 0 Å². The van der Waals surface area contributed by atoms with Crippen LogP contribution < -0.4 is 0 Å². The Balaban J connectivity index is 2.19. The molecule has 1 rings (SSSR count). The van der Waals surface area contributed by atoms with Gasteiger partial charge < -0.3 is 15.1 Å². The van der Waals surface area contributed by atoms with E-state index >= 15 is 0 Å². The number of nitrogens with zero attached hydrogens (tertiary/aromatic N) is 1. The summed E-state index contributed by atoms with van der Waals surface area (Å²) in [5.74, 6) is 0.727. The molecule has 0 saturated heterocycles. The van der Waals surface area contributed by atoms with Crippen LogP contribution in [-0.4, -0.2) is 47.0 Å². The Morgan fingerprint density at radius 1 is 1.31 bits per heavy atom. The lowest BCUT2D eigenvalue weighted by atomic mass is 9.99. The summed E-state index contributed by atoms with van der Waals surface area (Å²) >= 11 is 0. The summed E-state index contributed by atoms with van der Waals surface area (Å²) in [4.78, 5) is 2.01. The van der Waals surface area contributed by atoms with Gasteiger partial charge in [-0.3, -0.25) is 0 Å². The van der Waals surface area contributed by atoms with Crippen molar-refractivity contribution in [3.05, 3.63) is 0 Å². The van der Waals surface area contributed by atoms with Gasteiger partial charge in [-0.25, -0.2) is 0 Å². The van der Waals surface area contributed by atoms with Gasteiger partial charge in [0.15, 0.2) is 0 Å². The first kappa shape index (κ1) is 13.9. The van der Waals surface area contributed by atoms with Crippen LogP contribution in [0.4, 0.5) is 0 Å². The van der Waals surface area contributed by atoms with Gasteiger partial charge in [-0.2, -0.15) is 0 Å². The van der Waals surface area contributed by atoms with Crippen LogP contribution in [0.5, 0.6) is 0 Å². The molecule has 0 spiro atoms. The van der Waals surface area contributed by atoms with Crippen LogP contribution in [0.2, 0.25) is 0 Å². The van der Waals surface area contributed by atoms with E-state index in [-0.39, 0.29) is 6.10 Å². The van der Waals surface area contributed by atoms with Crippen molar-refractivity contribution in [2.75, 3.05) is 20.1 Å². The zero-order valence-electron chi connectivity index (χ0n) is 10.9. The number of hydrogen-bond donors (Lipinski definition) is 2. The van der Waals surface area contributed by atoms with Gasteiger partial charge in [-0.05, 0) is 33.2 Å². The molecule has 3 heteroatoms. The largest absolute Gasteiger partial charge is 0.392 e. The van der Waals surface area contributed by atoms with Crippen molar-refractivity contribution in [2.24, 2.45) is 5.92 Å². The van der Waals surface area contributed by atoms with Gasteiger partial charge in [0.1, 0.15) is 0 Å². The summed E-state index contributed by atoms with van der Waals surface area (Å²) in [7, 11) is 1.95. The fraction of sp³-hybridized carbons (Fsp3) is 1.00. The van der Waals surface area contributed by atoms with Crippen LogP contribution in [0.1, 0.15) is 46.0 Å². The van der Waals surface area contributed by atoms with Crippen molar-refractivity contribution in [3.63, 3.8) is 0 Å². The van der Waals surface area contributed by atoms with Crippen LogP contribution in [0, 0.1) is 5.92 Å². The van der Waals surface area contributed by atoms with E-state index < -0.39 is 5.60 Å². The predicted molar refractivity (Wildman–Crippen MR) is 66.4 cm³/mol. The summed E-state index contributed by atoms with van der Waals surface area (Å²) < 4.78 is 0. The molecule has 1 aliphatic carbocycles. The minimum Gasteiger partial charge on any atom is -0.392 e. The smallest absolute Gasteiger partial charge is 0.0718 e. The molecule has 0 aromatic carbocycles. The van der Waals surface area contributed by atoms with E-state index in [9.17, 15) is 10.2 Å². The third-order valence-corrected chi connectivity index (χ3v) is 3.26. The third kappa shape index (κ3) is 5.83. The maximum atomic E-state index is 9.95. The van der Waals surface area contributed by atoms with Crippen molar-refractivity contribution in [2.45, 2.75) is 57.7 Å². The van der Waals surface area contributed by atoms with Gasteiger partial charge in [0.05, 0.1) is 11.7 Å². The molecule has 0 radical (unpaired) electrons. The molecule has 1 atom stereocenters. The average molecular weight is 229 g/mol. The van der Waals surface area contributed by atoms with E-state index in [0.29, 0.717) is 13.1 Å². The first-order valence-electron chi connectivity index (χ1n) is 6.46. The standard InChI is InChI=1S/C13H27NO2/c1-13(2,16)10-14(3)9-12(15)8-11-6-4-5-7-11/h11-12,15-16H,4-10H2,1-3H3. The monoisotopic (exact) mass is 229 g/mol. The molecule has 0 bridgehead atoms. The minimum absolute atomic E-state index is 0.240. The quantitative estimate of drug-likeness (QED) is 0.727. The Morgan fingerprint density at radius 3 is 2.38 bits per heavy atom. The van der Waals surface area contributed by atoms with Gasteiger partial charge in [0.2, 0.25) is 0 Å². The van der Waals surface area contributed by atoms with Gasteiger partial charge in [0.25, 0.3) is 0 Å². The van der Waals surface area contributed by atoms with Crippen LogP contribution in [0.3, 0.4) is 0 Å². The fourth-order valence-corrected chi connectivity index (χ4v) is 2.79. The number of aliphatic hydroxyl groups excluding tert-OH is 1. The highest BCUT2D eigenvalue weighted by Crippen LogP contribution is 2.28. The van der Waals surface area contributed by atoms with Crippen molar-refractivity contribution in [1.29, 1.82) is 0 Å². The highest BCUT2D eigenvalue weighted by molar-refractivity contribution is 4.75. The summed E-state index contributed by atoms with van der Waals surface area (Å²) in [5, 5.41) is 19.6. The molecule has 2 N–H and O–H groups in total. The van der Waals surface area contributed by atoms with E-state index in [0.717, 1.165) is 12.3 Å². The molecule has 0 heterocycles. The molecule has 16 heavy (non-hydrogen) atoms. The van der Waals surface area contributed by atoms with Crippen molar-refractivity contribution in [1.82, 2.24) is 4.90 Å². The minimum atomic E-state index is -0.679. The zero-order valence-corrected chi connectivity index (χ0v) is 10.9. The van der Waals surface area contributed by atoms with Crippen LogP contribution >= 0.6 is 0 Å². The molecule has 1 aliphatic rings. The van der Waals surface area contributed by atoms with Gasteiger partial charge in [-0.15, -0.1) is 0 Å². The van der Waals surface area contributed by atoms with Crippen molar-refractivity contribution in [3.8, 4) is 0 Å². The second-order valence-corrected chi connectivity index (χ2v) is 6.05. The highest BCUT2D eigenvalue weighted by Gasteiger charge is 2.21. The number of hydrogen-bond acceptors (Lipinski definition) is 3. The average Bonchev–Trinajstić information content (AvgIpc) is 2.51. The Hall–Kier alpha value is -0.120. The first-order chi connectivity index (χ1) is 7.37. The predicted octanol–water partition coefficient (Wildman–Crippen LogP) is 1.63. The van der Waals surface area contributed by atoms with Crippen molar-refractivity contribution >= 4 is 0 Å². The Labute approximate surface area is 99.5 Å². The van der Waals surface area contributed by atoms with E-state index in [1.165, 1.54) is 25.7 Å². The van der Waals surface area contributed by atoms with E-state index in [1.807, 2.05) is 11.9 Å². The lowest BCUT2D eigenvalue weighted by Gasteiger charge is -2.27. The molecule has 1 fully saturated rings. The normalized spacial score (nSPS) is 20.6. The summed E-state index contributed by atoms with van der Waals surface area (Å²) in [6.07, 6.45) is 5.91. The maximum Gasteiger partial charge on any atom is 0.0718 e. The molecule has 0 aromatic rings. The molecule has 1 saturated carbocycles. The van der Waals surface area contributed by atoms with Crippen LogP contribution in [0.15, 0.2) is 0 Å². The Kier molecular flexibility index (Phi) is 5.22. The maximum absolute atomic E-state index is 9.95. The molecule has 3 nitrogen and oxygen atoms in total. The number of rotatable bonds is 6. The van der Waals surface area contributed by atoms with Crippen molar-refractivity contribution < 1.29 is 10.2 Å². The first-order valence-corrected chi connectivity index (χ1v) is 6.46. The SMILES string of the molecule is CN(CC(O)CC1CCCC1)CC(C)(C)O. The Bertz CT molecular complexity index is 195. The highest BCUT2D eigenvalue weighted by atomic mass is 16.3. The molecule has 96 valence electrons. The van der Waals surface area contributed by atoms with Crippen LogP contribution in [-0.2, 0) is 0 Å². The second kappa shape index (κ2) is 5.99. The third-order valence-electron chi connectivity index (χ3n) is 3.26. The topological polar surface area (TPSA) is 43.7 Å². The van der Waals surface area contributed by atoms with E-state index in [4.69, 9.17) is 0 Å². The molecule has 0 aliphatic heterocycles. The van der Waals surface area contributed by atoms with E-state index in [2.05, 4.69) is 0 Å². The summed E-state index contributed by atoms with van der Waals surface area (Å²) in [6, 6.07) is 0. The molecule has 0 amide bonds. The summed E-state index contributed by atoms with van der Waals surface area (Å²) in [6.45, 7) is 4.87. The lowest BCUT2D eigenvalue weighted by Crippen LogP contribution is -2.40. The molecule has 1 unspecified atom stereocenters. The Morgan fingerprint density at radius 2 is 1.88 bits per heavy atom. The zero-order chi connectivity index (χ0) is 12.2. The molecular formula is C13H27NO2. The number of aliphatic hydroxyl groups is 2. The number of likely N-dealkylation sites (N-methyl/N-ethyl adjacent to an activating group) is 1. The van der Waals surface area contributed by atoms with Gasteiger partial charge in [0, 0.05) is 13.1 Å². The molecular weight excluding hydrogens is 202 g/mol. The molecule has 0 aromatic heterocycles. The fourth-order valence-electron chi connectivity index (χ4n) is 2.79. The van der Waals surface area contributed by atoms with E-state index in [1.54, 1.807) is 13.8 Å². The second-order valence-electron chi connectivity index (χ2n) is 6.05.